The van der Waals surface area contributed by atoms with Gasteiger partial charge in [0.2, 0.25) is 0 Å². The van der Waals surface area contributed by atoms with E-state index in [0.717, 1.165) is 24.8 Å². The van der Waals surface area contributed by atoms with Crippen LogP contribution in [0.25, 0.3) is 11.0 Å². The third-order valence-electron chi connectivity index (χ3n) is 5.54. The first-order valence-electron chi connectivity index (χ1n) is 10.4. The van der Waals surface area contributed by atoms with E-state index >= 15 is 0 Å². The molecule has 0 aliphatic rings. The number of phenols is 2. The zero-order valence-electron chi connectivity index (χ0n) is 17.5. The van der Waals surface area contributed by atoms with Crippen LogP contribution in [0.3, 0.4) is 0 Å². The first kappa shape index (κ1) is 23.1. The van der Waals surface area contributed by atoms with Crippen LogP contribution in [0, 0.1) is 7.14 Å². The van der Waals surface area contributed by atoms with Gasteiger partial charge in [0, 0.05) is 17.4 Å². The molecule has 0 aliphatic heterocycles. The highest BCUT2D eigenvalue weighted by Gasteiger charge is 2.24. The summed E-state index contributed by atoms with van der Waals surface area (Å²) in [7, 11) is 0. The lowest BCUT2D eigenvalue weighted by atomic mass is 9.97. The summed E-state index contributed by atoms with van der Waals surface area (Å²) in [6.07, 6.45) is 3.11. The van der Waals surface area contributed by atoms with Crippen LogP contribution in [-0.2, 0) is 19.3 Å². The van der Waals surface area contributed by atoms with Gasteiger partial charge in [-0.3, -0.25) is 4.79 Å². The number of carbonyl (C=O) groups is 1. The van der Waals surface area contributed by atoms with Crippen LogP contribution in [0.2, 0.25) is 0 Å². The molecule has 0 saturated heterocycles. The number of furan rings is 1. The zero-order chi connectivity index (χ0) is 22.8. The summed E-state index contributed by atoms with van der Waals surface area (Å²) < 4.78 is 7.29. The van der Waals surface area contributed by atoms with Crippen molar-refractivity contribution in [1.29, 1.82) is 0 Å². The molecule has 3 aromatic carbocycles. The Morgan fingerprint density at radius 2 is 1.66 bits per heavy atom. The third kappa shape index (κ3) is 4.66. The summed E-state index contributed by atoms with van der Waals surface area (Å²) in [5.74, 6) is 0.780. The lowest BCUT2D eigenvalue weighted by molar-refractivity contribution is 0.103. The minimum Gasteiger partial charge on any atom is -0.508 e. The molecule has 32 heavy (non-hydrogen) atoms. The molecule has 2 N–H and O–H groups in total. The minimum atomic E-state index is -0.173. The van der Waals surface area contributed by atoms with Crippen molar-refractivity contribution in [1.82, 2.24) is 0 Å². The van der Waals surface area contributed by atoms with Gasteiger partial charge in [-0.2, -0.15) is 0 Å². The normalized spacial score (nSPS) is 11.2. The number of hydrogen-bond acceptors (Lipinski definition) is 4. The standard InChI is InChI=1S/C26H22I2O4/c1-2-22-24(25(30)17-11-19(27)26(31)20(28)12-17)18-14-21(29)16(13-23(18)32-22)10-6-9-15-7-4-3-5-8-15/h3-5,7-8,11-14,29,31H,2,6,9-10H2,1H3. The molecule has 0 aliphatic carbocycles. The number of aromatic hydroxyl groups is 2. The second kappa shape index (κ2) is 9.82. The van der Waals surface area contributed by atoms with Crippen molar-refractivity contribution in [2.75, 3.05) is 0 Å². The van der Waals surface area contributed by atoms with Gasteiger partial charge in [-0.25, -0.2) is 0 Å². The zero-order valence-corrected chi connectivity index (χ0v) is 21.8. The molecule has 4 nitrogen and oxygen atoms in total. The lowest BCUT2D eigenvalue weighted by Gasteiger charge is -2.07. The van der Waals surface area contributed by atoms with Gasteiger partial charge in [0.1, 0.15) is 22.8 Å². The van der Waals surface area contributed by atoms with Crippen molar-refractivity contribution in [2.45, 2.75) is 32.6 Å². The van der Waals surface area contributed by atoms with Crippen LogP contribution in [0.15, 0.2) is 59.0 Å². The van der Waals surface area contributed by atoms with Crippen molar-refractivity contribution in [3.63, 3.8) is 0 Å². The van der Waals surface area contributed by atoms with E-state index in [1.807, 2.05) is 76.4 Å². The van der Waals surface area contributed by atoms with Crippen LogP contribution in [-0.4, -0.2) is 16.0 Å². The predicted octanol–water partition coefficient (Wildman–Crippen LogP) is 7.02. The average molecular weight is 652 g/mol. The molecule has 0 saturated carbocycles. The monoisotopic (exact) mass is 652 g/mol. The molecule has 0 atom stereocenters. The number of benzene rings is 3. The van der Waals surface area contributed by atoms with Crippen LogP contribution in [0.5, 0.6) is 11.5 Å². The molecule has 0 amide bonds. The van der Waals surface area contributed by atoms with Gasteiger partial charge in [-0.05, 0) is 99.8 Å². The number of rotatable bonds is 7. The van der Waals surface area contributed by atoms with Crippen molar-refractivity contribution < 1.29 is 19.4 Å². The minimum absolute atomic E-state index is 0.173. The highest BCUT2D eigenvalue weighted by atomic mass is 127. The van der Waals surface area contributed by atoms with E-state index < -0.39 is 0 Å². The van der Waals surface area contributed by atoms with Gasteiger partial charge in [0.15, 0.2) is 5.78 Å². The third-order valence-corrected chi connectivity index (χ3v) is 7.19. The van der Waals surface area contributed by atoms with Crippen molar-refractivity contribution in [3.05, 3.63) is 89.8 Å². The Hall–Kier alpha value is -2.07. The van der Waals surface area contributed by atoms with E-state index in [0.29, 0.717) is 41.4 Å². The molecular formula is C26H22I2O4. The summed E-state index contributed by atoms with van der Waals surface area (Å²) in [6, 6.07) is 17.1. The number of carbonyl (C=O) groups excluding carboxylic acids is 1. The van der Waals surface area contributed by atoms with Gasteiger partial charge < -0.3 is 14.6 Å². The fourth-order valence-corrected chi connectivity index (χ4v) is 5.66. The lowest BCUT2D eigenvalue weighted by Crippen LogP contribution is -2.04. The molecule has 1 aromatic heterocycles. The predicted molar refractivity (Wildman–Crippen MR) is 143 cm³/mol. The second-order valence-corrected chi connectivity index (χ2v) is 10.0. The summed E-state index contributed by atoms with van der Waals surface area (Å²) >= 11 is 4.04. The number of fused-ring (bicyclic) bond motifs is 1. The summed E-state index contributed by atoms with van der Waals surface area (Å²) in [5, 5.41) is 21.4. The van der Waals surface area contributed by atoms with Gasteiger partial charge in [-0.1, -0.05) is 37.3 Å². The van der Waals surface area contributed by atoms with Crippen LogP contribution in [0.4, 0.5) is 0 Å². The molecule has 0 unspecified atom stereocenters. The largest absolute Gasteiger partial charge is 0.508 e. The van der Waals surface area contributed by atoms with Crippen LogP contribution in [0.1, 0.15) is 46.2 Å². The number of aryl methyl sites for hydroxylation is 3. The fraction of sp³-hybridized carbons (Fsp3) is 0.192. The second-order valence-electron chi connectivity index (χ2n) is 7.69. The van der Waals surface area contributed by atoms with Gasteiger partial charge in [0.05, 0.1) is 12.7 Å². The van der Waals surface area contributed by atoms with Crippen molar-refractivity contribution >= 4 is 61.9 Å². The van der Waals surface area contributed by atoms with Crippen molar-refractivity contribution in [2.24, 2.45) is 0 Å². The van der Waals surface area contributed by atoms with E-state index in [2.05, 4.69) is 12.1 Å². The molecule has 0 spiro atoms. The Morgan fingerprint density at radius 1 is 0.969 bits per heavy atom. The molecule has 6 heteroatoms. The topological polar surface area (TPSA) is 70.7 Å². The van der Waals surface area contributed by atoms with Crippen LogP contribution < -0.4 is 0 Å². The number of phenolic OH excluding ortho intramolecular Hbond substituents is 2. The molecule has 0 radical (unpaired) electrons. The number of halogens is 2. The molecule has 1 heterocycles. The highest BCUT2D eigenvalue weighted by molar-refractivity contribution is 14.1. The SMILES string of the molecule is CCc1oc2cc(CCCc3ccccc3)c(O)cc2c1C(=O)c1cc(I)c(O)c(I)c1. The maximum Gasteiger partial charge on any atom is 0.197 e. The quantitative estimate of drug-likeness (QED) is 0.166. The maximum atomic E-state index is 13.4. The fourth-order valence-electron chi connectivity index (χ4n) is 3.89. The molecule has 0 fully saturated rings. The van der Waals surface area contributed by atoms with E-state index in [9.17, 15) is 15.0 Å². The Balaban J connectivity index is 1.67. The first-order valence-corrected chi connectivity index (χ1v) is 12.6. The Bertz CT molecular complexity index is 1270. The van der Waals surface area contributed by atoms with Crippen LogP contribution >= 0.6 is 45.2 Å². The molecule has 4 rings (SSSR count). The van der Waals surface area contributed by atoms with E-state index in [1.54, 1.807) is 18.2 Å². The Labute approximate surface area is 213 Å². The van der Waals surface area contributed by atoms with Crippen molar-refractivity contribution in [3.8, 4) is 11.5 Å². The average Bonchev–Trinajstić information content (AvgIpc) is 3.14. The number of ketones is 1. The Morgan fingerprint density at radius 3 is 2.31 bits per heavy atom. The molecule has 0 bridgehead atoms. The summed E-state index contributed by atoms with van der Waals surface area (Å²) in [4.78, 5) is 13.4. The highest BCUT2D eigenvalue weighted by Crippen LogP contribution is 2.35. The van der Waals surface area contributed by atoms with Gasteiger partial charge in [0.25, 0.3) is 0 Å². The van der Waals surface area contributed by atoms with Gasteiger partial charge >= 0.3 is 0 Å². The van der Waals surface area contributed by atoms with E-state index in [4.69, 9.17) is 4.42 Å². The van der Waals surface area contributed by atoms with Gasteiger partial charge in [-0.15, -0.1) is 0 Å². The first-order chi connectivity index (χ1) is 15.4. The maximum absolute atomic E-state index is 13.4. The van der Waals surface area contributed by atoms with E-state index in [-0.39, 0.29) is 17.3 Å². The van der Waals surface area contributed by atoms with E-state index in [1.165, 1.54) is 5.56 Å². The number of hydrogen-bond donors (Lipinski definition) is 2. The Kier molecular flexibility index (Phi) is 7.09. The molecular weight excluding hydrogens is 630 g/mol. The summed E-state index contributed by atoms with van der Waals surface area (Å²) in [5.41, 5.74) is 3.66. The smallest absolute Gasteiger partial charge is 0.197 e. The summed E-state index contributed by atoms with van der Waals surface area (Å²) in [6.45, 7) is 1.94. The molecule has 4 aromatic rings. The molecule has 164 valence electrons.